The minimum absolute atomic E-state index is 0.0670. The summed E-state index contributed by atoms with van der Waals surface area (Å²) in [6.45, 7) is 6.09. The fraction of sp³-hybridized carbons (Fsp3) is 0.533. The van der Waals surface area contributed by atoms with E-state index in [4.69, 9.17) is 0 Å². The van der Waals surface area contributed by atoms with Crippen LogP contribution in [0.3, 0.4) is 0 Å². The smallest absolute Gasteiger partial charge is 0.220 e. The fourth-order valence-electron chi connectivity index (χ4n) is 2.22. The predicted octanol–water partition coefficient (Wildman–Crippen LogP) is 3.12. The third-order valence-electron chi connectivity index (χ3n) is 3.33. The van der Waals surface area contributed by atoms with E-state index >= 15 is 0 Å². The molecule has 0 fully saturated rings. The maximum absolute atomic E-state index is 12.0. The van der Waals surface area contributed by atoms with Crippen molar-refractivity contribution in [2.75, 3.05) is 0 Å². The molecule has 0 radical (unpaired) electrons. The van der Waals surface area contributed by atoms with Crippen molar-refractivity contribution in [1.29, 1.82) is 0 Å². The van der Waals surface area contributed by atoms with Gasteiger partial charge in [0.1, 0.15) is 6.33 Å². The van der Waals surface area contributed by atoms with Crippen molar-refractivity contribution in [3.8, 4) is 0 Å². The number of hydrogen-bond donors (Lipinski definition) is 1. The molecule has 2 aromatic heterocycles. The Hall–Kier alpha value is -1.69. The van der Waals surface area contributed by atoms with Gasteiger partial charge in [-0.05, 0) is 45.1 Å². The summed E-state index contributed by atoms with van der Waals surface area (Å²) in [6, 6.07) is 4.31. The first-order valence-corrected chi connectivity index (χ1v) is 8.17. The first-order chi connectivity index (χ1) is 10.1. The van der Waals surface area contributed by atoms with Gasteiger partial charge in [-0.25, -0.2) is 0 Å². The molecule has 0 spiro atoms. The van der Waals surface area contributed by atoms with Crippen LogP contribution in [-0.2, 0) is 11.2 Å². The highest BCUT2D eigenvalue weighted by molar-refractivity contribution is 7.09. The van der Waals surface area contributed by atoms with Crippen LogP contribution in [-0.4, -0.2) is 20.7 Å². The first kappa shape index (κ1) is 15.7. The molecule has 5 nitrogen and oxygen atoms in total. The van der Waals surface area contributed by atoms with Gasteiger partial charge in [0.15, 0.2) is 5.82 Å². The lowest BCUT2D eigenvalue weighted by molar-refractivity contribution is -0.121. The largest absolute Gasteiger partial charge is 0.346 e. The van der Waals surface area contributed by atoms with Gasteiger partial charge in [-0.15, -0.1) is 21.5 Å². The quantitative estimate of drug-likeness (QED) is 0.855. The number of rotatable bonds is 7. The summed E-state index contributed by atoms with van der Waals surface area (Å²) >= 11 is 1.74. The lowest BCUT2D eigenvalue weighted by Crippen LogP contribution is -2.28. The van der Waals surface area contributed by atoms with E-state index in [-0.39, 0.29) is 18.0 Å². The molecule has 0 aromatic carbocycles. The average Bonchev–Trinajstić information content (AvgIpc) is 3.09. The van der Waals surface area contributed by atoms with Crippen molar-refractivity contribution in [3.63, 3.8) is 0 Å². The zero-order valence-corrected chi connectivity index (χ0v) is 13.6. The van der Waals surface area contributed by atoms with Crippen LogP contribution in [0.15, 0.2) is 23.8 Å². The molecule has 0 saturated carbocycles. The van der Waals surface area contributed by atoms with E-state index in [1.807, 2.05) is 17.6 Å². The minimum atomic E-state index is -0.121. The van der Waals surface area contributed by atoms with Gasteiger partial charge >= 0.3 is 0 Å². The zero-order chi connectivity index (χ0) is 15.2. The molecule has 0 aliphatic heterocycles. The molecule has 2 rings (SSSR count). The Bertz CT molecular complexity index is 562. The monoisotopic (exact) mass is 306 g/mol. The maximum Gasteiger partial charge on any atom is 0.220 e. The molecule has 0 bridgehead atoms. The third kappa shape index (κ3) is 4.39. The van der Waals surface area contributed by atoms with E-state index in [9.17, 15) is 4.79 Å². The van der Waals surface area contributed by atoms with Crippen LogP contribution >= 0.6 is 11.3 Å². The number of aromatic nitrogens is 3. The van der Waals surface area contributed by atoms with Gasteiger partial charge in [-0.2, -0.15) is 0 Å². The van der Waals surface area contributed by atoms with Gasteiger partial charge in [0.2, 0.25) is 5.91 Å². The molecule has 2 aromatic rings. The molecular weight excluding hydrogens is 284 g/mol. The van der Waals surface area contributed by atoms with Crippen molar-refractivity contribution < 1.29 is 4.79 Å². The summed E-state index contributed by atoms with van der Waals surface area (Å²) in [5.74, 6) is 0.869. The number of amides is 1. The number of nitrogens with zero attached hydrogens (tertiary/aromatic N) is 3. The third-order valence-corrected chi connectivity index (χ3v) is 4.27. The van der Waals surface area contributed by atoms with E-state index in [2.05, 4.69) is 40.8 Å². The molecule has 0 aliphatic rings. The normalized spacial score (nSPS) is 12.6. The number of carbonyl (C=O) groups excluding carboxylic acids is 1. The molecule has 1 atom stereocenters. The standard InChI is InChI=1S/C15H22N4OS/c1-11(2)19-10-16-18-15(19)12(3)17-14(20)8-4-6-13-7-5-9-21-13/h5,7,9-12H,4,6,8H2,1-3H3,(H,17,20). The molecule has 1 amide bonds. The van der Waals surface area contributed by atoms with Gasteiger partial charge < -0.3 is 9.88 Å². The highest BCUT2D eigenvalue weighted by Crippen LogP contribution is 2.15. The molecule has 1 N–H and O–H groups in total. The summed E-state index contributed by atoms with van der Waals surface area (Å²) in [5, 5.41) is 13.1. The number of hydrogen-bond acceptors (Lipinski definition) is 4. The molecule has 2 heterocycles. The fourth-order valence-corrected chi connectivity index (χ4v) is 2.97. The van der Waals surface area contributed by atoms with Crippen LogP contribution in [0.4, 0.5) is 0 Å². The highest BCUT2D eigenvalue weighted by Gasteiger charge is 2.16. The van der Waals surface area contributed by atoms with E-state index in [1.165, 1.54) is 4.88 Å². The van der Waals surface area contributed by atoms with Gasteiger partial charge in [0.25, 0.3) is 0 Å². The van der Waals surface area contributed by atoms with Crippen molar-refractivity contribution in [1.82, 2.24) is 20.1 Å². The molecule has 114 valence electrons. The maximum atomic E-state index is 12.0. The van der Waals surface area contributed by atoms with Gasteiger partial charge in [-0.1, -0.05) is 6.07 Å². The van der Waals surface area contributed by atoms with Gasteiger partial charge in [0.05, 0.1) is 6.04 Å². The summed E-state index contributed by atoms with van der Waals surface area (Å²) in [5.41, 5.74) is 0. The molecule has 0 aliphatic carbocycles. The van der Waals surface area contributed by atoms with Crippen LogP contribution in [0.2, 0.25) is 0 Å². The SMILES string of the molecule is CC(NC(=O)CCCc1cccs1)c1nncn1C(C)C. The molecule has 6 heteroatoms. The molecule has 0 saturated heterocycles. The predicted molar refractivity (Wildman–Crippen MR) is 84.2 cm³/mol. The summed E-state index contributed by atoms with van der Waals surface area (Å²) in [7, 11) is 0. The number of aryl methyl sites for hydroxylation is 1. The van der Waals surface area contributed by atoms with Crippen molar-refractivity contribution in [3.05, 3.63) is 34.5 Å². The van der Waals surface area contributed by atoms with Crippen molar-refractivity contribution in [2.45, 2.75) is 52.1 Å². The van der Waals surface area contributed by atoms with E-state index in [0.29, 0.717) is 6.42 Å². The Morgan fingerprint density at radius 1 is 1.43 bits per heavy atom. The lowest BCUT2D eigenvalue weighted by Gasteiger charge is -2.16. The molecule has 21 heavy (non-hydrogen) atoms. The number of nitrogens with one attached hydrogen (secondary N) is 1. The van der Waals surface area contributed by atoms with E-state index in [1.54, 1.807) is 17.7 Å². The molecular formula is C15H22N4OS. The van der Waals surface area contributed by atoms with Gasteiger partial charge in [-0.3, -0.25) is 4.79 Å². The Labute approximate surface area is 129 Å². The van der Waals surface area contributed by atoms with E-state index < -0.39 is 0 Å². The Morgan fingerprint density at radius 3 is 2.90 bits per heavy atom. The van der Waals surface area contributed by atoms with Crippen LogP contribution in [0.1, 0.15) is 56.4 Å². The molecule has 1 unspecified atom stereocenters. The topological polar surface area (TPSA) is 59.8 Å². The minimum Gasteiger partial charge on any atom is -0.346 e. The lowest BCUT2D eigenvalue weighted by atomic mass is 10.2. The van der Waals surface area contributed by atoms with Crippen molar-refractivity contribution in [2.24, 2.45) is 0 Å². The highest BCUT2D eigenvalue weighted by atomic mass is 32.1. The summed E-state index contributed by atoms with van der Waals surface area (Å²) in [6.07, 6.45) is 4.08. The van der Waals surface area contributed by atoms with Crippen LogP contribution in [0.25, 0.3) is 0 Å². The Morgan fingerprint density at radius 2 is 2.24 bits per heavy atom. The summed E-state index contributed by atoms with van der Waals surface area (Å²) < 4.78 is 1.98. The Balaban J connectivity index is 1.80. The van der Waals surface area contributed by atoms with Crippen LogP contribution in [0.5, 0.6) is 0 Å². The number of thiophene rings is 1. The van der Waals surface area contributed by atoms with E-state index in [0.717, 1.165) is 18.7 Å². The zero-order valence-electron chi connectivity index (χ0n) is 12.7. The second-order valence-electron chi connectivity index (χ2n) is 5.41. The first-order valence-electron chi connectivity index (χ1n) is 7.29. The Kier molecular flexibility index (Phi) is 5.50. The summed E-state index contributed by atoms with van der Waals surface area (Å²) in [4.78, 5) is 13.3. The number of carbonyl (C=O) groups is 1. The van der Waals surface area contributed by atoms with Crippen LogP contribution < -0.4 is 5.32 Å². The van der Waals surface area contributed by atoms with Crippen molar-refractivity contribution >= 4 is 17.2 Å². The second kappa shape index (κ2) is 7.36. The van der Waals surface area contributed by atoms with Gasteiger partial charge in [0, 0.05) is 17.3 Å². The average molecular weight is 306 g/mol. The second-order valence-corrected chi connectivity index (χ2v) is 6.44. The van der Waals surface area contributed by atoms with Crippen LogP contribution in [0, 0.1) is 0 Å².